The molecule has 0 radical (unpaired) electrons. The van der Waals surface area contributed by atoms with Gasteiger partial charge in [-0.25, -0.2) is 0 Å². The number of nitrogens with zero attached hydrogens (tertiary/aromatic N) is 3. The molecule has 17 heteroatoms. The minimum Gasteiger partial charge on any atom is -0.379 e. The number of imide groups is 1. The van der Waals surface area contributed by atoms with Crippen molar-refractivity contribution >= 4 is 63.4 Å². The molecule has 0 saturated carbocycles. The first kappa shape index (κ1) is 61.7. The standard InChI is InChI=1S/C60H77ClN4O12/c1-41(2)52(39-50(67)26-30-75-32-34-77-36-35-76-33-31-74-29-12-15-49(66)25-28-63-55(69)23-24-56(63)70)58(71)62-44(6)54(68)16-10-11-27-64(59(72)46-19-17-43(5)18-20-46)57(42(3)4)53-38-47-37-48(61)21-22-51(47)60(73)65(53)40-45-13-8-7-9-14-45/h7-9,13-14,17-24,37-38,41-42,44,52,57H,10-12,15-16,25-36,39-40H2,1-6H3,(H,62,71)/t44-,52-,57+/m0/s1. The lowest BCUT2D eigenvalue weighted by Crippen LogP contribution is -2.43. The summed E-state index contributed by atoms with van der Waals surface area (Å²) in [6.45, 7) is 14.7. The molecule has 0 fully saturated rings. The van der Waals surface area contributed by atoms with E-state index in [0.29, 0.717) is 105 Å². The maximum absolute atomic E-state index is 14.7. The Bertz CT molecular complexity index is 2690. The molecule has 0 saturated heterocycles. The van der Waals surface area contributed by atoms with Gasteiger partial charge in [0.2, 0.25) is 5.91 Å². The highest BCUT2D eigenvalue weighted by Gasteiger charge is 2.33. The van der Waals surface area contributed by atoms with Crippen LogP contribution in [0.1, 0.15) is 119 Å². The molecule has 4 amide bonds. The van der Waals surface area contributed by atoms with Gasteiger partial charge in [-0.05, 0) is 92.3 Å². The molecule has 1 N–H and O–H groups in total. The van der Waals surface area contributed by atoms with Crippen LogP contribution in [-0.4, -0.2) is 127 Å². The number of carbonyl (C=O) groups excluding carboxylic acids is 7. The van der Waals surface area contributed by atoms with Crippen LogP contribution < -0.4 is 10.9 Å². The largest absolute Gasteiger partial charge is 0.379 e. The van der Waals surface area contributed by atoms with Crippen LogP contribution in [0.5, 0.6) is 0 Å². The third-order valence-electron chi connectivity index (χ3n) is 13.5. The van der Waals surface area contributed by atoms with E-state index in [1.54, 1.807) is 29.7 Å². The highest BCUT2D eigenvalue weighted by molar-refractivity contribution is 6.31. The second-order valence-electron chi connectivity index (χ2n) is 20.2. The number of pyridine rings is 1. The number of rotatable bonds is 36. The summed E-state index contributed by atoms with van der Waals surface area (Å²) in [5.41, 5.74) is 2.96. The molecule has 1 aromatic heterocycles. The van der Waals surface area contributed by atoms with Gasteiger partial charge in [0.1, 0.15) is 11.6 Å². The number of unbranched alkanes of at least 4 members (excludes halogenated alkanes) is 1. The van der Waals surface area contributed by atoms with Crippen LogP contribution in [0, 0.1) is 24.7 Å². The summed E-state index contributed by atoms with van der Waals surface area (Å²) in [5, 5.41) is 4.56. The molecule has 0 bridgehead atoms. The van der Waals surface area contributed by atoms with Crippen LogP contribution in [0.4, 0.5) is 0 Å². The zero-order chi connectivity index (χ0) is 55.9. The van der Waals surface area contributed by atoms with Gasteiger partial charge in [0.15, 0.2) is 5.78 Å². The molecule has 416 valence electrons. The number of carbonyl (C=O) groups is 7. The van der Waals surface area contributed by atoms with E-state index in [2.05, 4.69) is 5.32 Å². The molecule has 1 aliphatic rings. The average molecular weight is 1080 g/mol. The van der Waals surface area contributed by atoms with Gasteiger partial charge in [-0.1, -0.05) is 87.3 Å². The van der Waals surface area contributed by atoms with Gasteiger partial charge in [0, 0.05) is 91.5 Å². The van der Waals surface area contributed by atoms with Gasteiger partial charge in [-0.3, -0.25) is 43.3 Å². The molecule has 16 nitrogen and oxygen atoms in total. The first-order chi connectivity index (χ1) is 36.9. The molecule has 77 heavy (non-hydrogen) atoms. The fourth-order valence-corrected chi connectivity index (χ4v) is 9.30. The first-order valence-electron chi connectivity index (χ1n) is 26.9. The van der Waals surface area contributed by atoms with Crippen molar-refractivity contribution in [2.45, 2.75) is 112 Å². The minimum absolute atomic E-state index is 0.0119. The monoisotopic (exact) mass is 1080 g/mol. The Morgan fingerprint density at radius 2 is 1.27 bits per heavy atom. The predicted molar refractivity (Wildman–Crippen MR) is 296 cm³/mol. The van der Waals surface area contributed by atoms with E-state index in [9.17, 15) is 38.4 Å². The second kappa shape index (κ2) is 31.9. The summed E-state index contributed by atoms with van der Waals surface area (Å²) in [6.07, 6.45) is 4.57. The van der Waals surface area contributed by atoms with Crippen molar-refractivity contribution in [3.63, 3.8) is 0 Å². The summed E-state index contributed by atoms with van der Waals surface area (Å²) in [4.78, 5) is 107. The smallest absolute Gasteiger partial charge is 0.259 e. The average Bonchev–Trinajstić information content (AvgIpc) is 3.74. The number of halogens is 1. The van der Waals surface area contributed by atoms with Crippen molar-refractivity contribution in [1.29, 1.82) is 0 Å². The fraction of sp³-hybridized carbons (Fsp3) is 0.500. The van der Waals surface area contributed by atoms with Crippen molar-refractivity contribution in [2.75, 3.05) is 65.9 Å². The Morgan fingerprint density at radius 3 is 1.90 bits per heavy atom. The van der Waals surface area contributed by atoms with E-state index in [0.717, 1.165) is 16.0 Å². The van der Waals surface area contributed by atoms with Gasteiger partial charge in [-0.2, -0.15) is 0 Å². The van der Waals surface area contributed by atoms with E-state index < -0.39 is 29.8 Å². The second-order valence-corrected chi connectivity index (χ2v) is 20.7. The van der Waals surface area contributed by atoms with E-state index in [-0.39, 0.29) is 92.0 Å². The Kier molecular flexibility index (Phi) is 25.6. The minimum atomic E-state index is -0.792. The Hall–Kier alpha value is -6.17. The summed E-state index contributed by atoms with van der Waals surface area (Å²) in [5.74, 6) is -2.59. The number of ether oxygens (including phenoxy) is 4. The van der Waals surface area contributed by atoms with Crippen LogP contribution >= 0.6 is 11.6 Å². The zero-order valence-electron chi connectivity index (χ0n) is 45.6. The first-order valence-corrected chi connectivity index (χ1v) is 27.3. The predicted octanol–water partition coefficient (Wildman–Crippen LogP) is 8.45. The lowest BCUT2D eigenvalue weighted by Gasteiger charge is -2.36. The lowest BCUT2D eigenvalue weighted by atomic mass is 9.89. The number of fused-ring (bicyclic) bond motifs is 1. The number of benzene rings is 3. The Morgan fingerprint density at radius 1 is 0.649 bits per heavy atom. The number of aromatic nitrogens is 1. The number of Topliss-reactive ketones (excluding diaryl/α,β-unsaturated/α-hetero) is 3. The number of hydrogen-bond donors (Lipinski definition) is 1. The van der Waals surface area contributed by atoms with Crippen LogP contribution in [0.25, 0.3) is 10.8 Å². The molecule has 2 heterocycles. The number of nitrogens with one attached hydrogen (secondary N) is 1. The number of aryl methyl sites for hydroxylation is 1. The zero-order valence-corrected chi connectivity index (χ0v) is 46.4. The summed E-state index contributed by atoms with van der Waals surface area (Å²) < 4.78 is 23.9. The molecule has 0 spiro atoms. The molecule has 0 aliphatic carbocycles. The fourth-order valence-electron chi connectivity index (χ4n) is 9.12. The molecule has 3 atom stereocenters. The molecular formula is C60H77ClN4O12. The lowest BCUT2D eigenvalue weighted by molar-refractivity contribution is -0.137. The molecule has 0 unspecified atom stereocenters. The summed E-state index contributed by atoms with van der Waals surface area (Å²) in [6, 6.07) is 23.0. The van der Waals surface area contributed by atoms with E-state index in [1.807, 2.05) is 100 Å². The molecule has 4 aromatic rings. The van der Waals surface area contributed by atoms with Crippen LogP contribution in [0.15, 0.2) is 95.8 Å². The van der Waals surface area contributed by atoms with Gasteiger partial charge >= 0.3 is 0 Å². The highest BCUT2D eigenvalue weighted by atomic mass is 35.5. The maximum Gasteiger partial charge on any atom is 0.259 e. The third-order valence-corrected chi connectivity index (χ3v) is 13.8. The van der Waals surface area contributed by atoms with Gasteiger partial charge in [-0.15, -0.1) is 0 Å². The van der Waals surface area contributed by atoms with Crippen molar-refractivity contribution in [3.8, 4) is 0 Å². The van der Waals surface area contributed by atoms with Gasteiger partial charge < -0.3 is 33.7 Å². The van der Waals surface area contributed by atoms with E-state index in [4.69, 9.17) is 30.5 Å². The SMILES string of the molecule is Cc1ccc(C(=O)N(CCCCC(=O)[C@H](C)NC(=O)[C@@H](CC(=O)CCOCCOCCOCCOCCCC(=O)CCN2C(=O)C=CC2=O)C(C)C)[C@@H](c2cc3cc(Cl)ccc3c(=O)n2Cc2ccccc2)C(C)C)cc1. The number of hydrogen-bond acceptors (Lipinski definition) is 12. The van der Waals surface area contributed by atoms with Crippen molar-refractivity contribution < 1.29 is 52.5 Å². The van der Waals surface area contributed by atoms with Gasteiger partial charge in [0.05, 0.1) is 64.9 Å². The van der Waals surface area contributed by atoms with Crippen LogP contribution in [0.3, 0.4) is 0 Å². The van der Waals surface area contributed by atoms with E-state index >= 15 is 0 Å². The maximum atomic E-state index is 14.7. The van der Waals surface area contributed by atoms with Crippen molar-refractivity contribution in [1.82, 2.24) is 19.7 Å². The molecule has 5 rings (SSSR count). The molecule has 1 aliphatic heterocycles. The molecule has 3 aromatic carbocycles. The van der Waals surface area contributed by atoms with Crippen LogP contribution in [-0.2, 0) is 54.3 Å². The van der Waals surface area contributed by atoms with Crippen molar-refractivity contribution in [2.24, 2.45) is 17.8 Å². The van der Waals surface area contributed by atoms with E-state index in [1.165, 1.54) is 12.2 Å². The summed E-state index contributed by atoms with van der Waals surface area (Å²) in [7, 11) is 0. The quantitative estimate of drug-likeness (QED) is 0.0338. The topological polar surface area (TPSA) is 197 Å². The molecular weight excluding hydrogens is 1000 g/mol. The summed E-state index contributed by atoms with van der Waals surface area (Å²) >= 11 is 6.46. The van der Waals surface area contributed by atoms with Crippen molar-refractivity contribution in [3.05, 3.63) is 129 Å². The van der Waals surface area contributed by atoms with Crippen LogP contribution in [0.2, 0.25) is 5.02 Å². The normalized spacial score (nSPS) is 13.6. The Balaban J connectivity index is 1.02. The Labute approximate surface area is 457 Å². The number of ketones is 3. The number of amides is 4. The van der Waals surface area contributed by atoms with Gasteiger partial charge in [0.25, 0.3) is 23.3 Å². The highest BCUT2D eigenvalue weighted by Crippen LogP contribution is 2.33. The third kappa shape index (κ3) is 19.7.